The van der Waals surface area contributed by atoms with Crippen molar-refractivity contribution >= 4 is 17.5 Å². The number of imidazole rings is 1. The molecule has 4 heterocycles. The van der Waals surface area contributed by atoms with E-state index in [0.29, 0.717) is 48.1 Å². The maximum absolute atomic E-state index is 11.9. The number of benzene rings is 1. The number of nitrogens with zero attached hydrogens (tertiary/aromatic N) is 3. The fourth-order valence-corrected chi connectivity index (χ4v) is 4.07. The quantitative estimate of drug-likeness (QED) is 0.485. The molecular weight excluding hydrogens is 406 g/mol. The van der Waals surface area contributed by atoms with Gasteiger partial charge < -0.3 is 15.8 Å². The van der Waals surface area contributed by atoms with Crippen LogP contribution in [0, 0.1) is 6.92 Å². The summed E-state index contributed by atoms with van der Waals surface area (Å²) in [6.07, 6.45) is 2.23. The Bertz CT molecular complexity index is 1230. The van der Waals surface area contributed by atoms with Gasteiger partial charge >= 0.3 is 0 Å². The van der Waals surface area contributed by atoms with Gasteiger partial charge in [-0.25, -0.2) is 4.98 Å². The van der Waals surface area contributed by atoms with Crippen LogP contribution in [0.2, 0.25) is 0 Å². The molecule has 0 bridgehead atoms. The van der Waals surface area contributed by atoms with Crippen molar-refractivity contribution in [2.45, 2.75) is 26.1 Å². The van der Waals surface area contributed by atoms with Gasteiger partial charge in [0.2, 0.25) is 5.90 Å². The Labute approximate surface area is 185 Å². The average molecular weight is 432 g/mol. The fourth-order valence-electron chi connectivity index (χ4n) is 4.07. The van der Waals surface area contributed by atoms with Gasteiger partial charge in [-0.15, -0.1) is 0 Å². The van der Waals surface area contributed by atoms with Gasteiger partial charge in [0.25, 0.3) is 5.91 Å². The van der Waals surface area contributed by atoms with Crippen molar-refractivity contribution in [2.75, 3.05) is 13.2 Å². The molecule has 9 nitrogen and oxygen atoms in total. The van der Waals surface area contributed by atoms with Crippen molar-refractivity contribution < 1.29 is 9.53 Å². The number of nitrogens with two attached hydrogens (primary N) is 1. The van der Waals surface area contributed by atoms with Crippen LogP contribution in [0.3, 0.4) is 0 Å². The lowest BCUT2D eigenvalue weighted by Gasteiger charge is -2.22. The molecule has 0 saturated carbocycles. The maximum atomic E-state index is 11.9. The Morgan fingerprint density at radius 1 is 1.28 bits per heavy atom. The molecule has 0 fully saturated rings. The van der Waals surface area contributed by atoms with E-state index in [0.717, 1.165) is 17.9 Å². The van der Waals surface area contributed by atoms with E-state index in [1.54, 1.807) is 12.1 Å². The standard InChI is InChI=1S/C23H25N7O2/c1-14-19(30-9-5-8-17(20(24)31)22(30)28-14)23-29-21-16(12-25-13-27-21)10-18(32-23)26-11-15-6-3-2-4-7-15/h2-9,18,25-27H,10-13H2,1H3,(H2,24,31). The largest absolute Gasteiger partial charge is 0.457 e. The first kappa shape index (κ1) is 20.2. The molecule has 1 atom stereocenters. The lowest BCUT2D eigenvalue weighted by molar-refractivity contribution is 0.100. The minimum absolute atomic E-state index is 0.285. The van der Waals surface area contributed by atoms with Crippen LogP contribution in [-0.2, 0) is 11.3 Å². The number of pyridine rings is 1. The van der Waals surface area contributed by atoms with Crippen molar-refractivity contribution in [2.24, 2.45) is 10.7 Å². The Hall–Kier alpha value is -3.69. The number of ether oxygens (including phenoxy) is 1. The van der Waals surface area contributed by atoms with E-state index in [-0.39, 0.29) is 6.23 Å². The van der Waals surface area contributed by atoms with Crippen LogP contribution in [-0.4, -0.2) is 40.6 Å². The zero-order valence-electron chi connectivity index (χ0n) is 17.8. The van der Waals surface area contributed by atoms with Crippen LogP contribution in [0.4, 0.5) is 0 Å². The van der Waals surface area contributed by atoms with Crippen LogP contribution >= 0.6 is 0 Å². The molecular formula is C23H25N7O2. The number of hydrogen-bond acceptors (Lipinski definition) is 7. The maximum Gasteiger partial charge on any atom is 0.252 e. The average Bonchev–Trinajstić information content (AvgIpc) is 3.02. The fraction of sp³-hybridized carbons (Fsp3) is 0.261. The van der Waals surface area contributed by atoms with Crippen molar-refractivity contribution in [3.8, 4) is 0 Å². The van der Waals surface area contributed by atoms with Crippen molar-refractivity contribution in [1.29, 1.82) is 0 Å². The van der Waals surface area contributed by atoms with Crippen molar-refractivity contribution in [3.63, 3.8) is 0 Å². The van der Waals surface area contributed by atoms with E-state index in [1.807, 2.05) is 35.7 Å². The van der Waals surface area contributed by atoms with Gasteiger partial charge in [-0.3, -0.25) is 19.8 Å². The molecule has 2 aliphatic heterocycles. The lowest BCUT2D eigenvalue weighted by Crippen LogP contribution is -2.38. The Morgan fingerprint density at radius 2 is 2.12 bits per heavy atom. The van der Waals surface area contributed by atoms with Gasteiger partial charge in [-0.2, -0.15) is 4.99 Å². The predicted octanol–water partition coefficient (Wildman–Crippen LogP) is 1.39. The number of aromatic nitrogens is 2. The summed E-state index contributed by atoms with van der Waals surface area (Å²) in [5.74, 6) is 0.730. The van der Waals surface area contributed by atoms with E-state index in [1.165, 1.54) is 5.56 Å². The molecule has 2 aromatic heterocycles. The first-order valence-corrected chi connectivity index (χ1v) is 10.6. The first-order chi connectivity index (χ1) is 15.6. The molecule has 2 aliphatic rings. The molecule has 32 heavy (non-hydrogen) atoms. The van der Waals surface area contributed by atoms with Crippen LogP contribution in [0.5, 0.6) is 0 Å². The van der Waals surface area contributed by atoms with E-state index >= 15 is 0 Å². The van der Waals surface area contributed by atoms with Gasteiger partial charge in [-0.05, 0) is 30.2 Å². The number of carbonyl (C=O) groups excluding carboxylic acids is 1. The van der Waals surface area contributed by atoms with Gasteiger partial charge in [0.1, 0.15) is 11.5 Å². The minimum Gasteiger partial charge on any atom is -0.457 e. The Kier molecular flexibility index (Phi) is 5.34. The van der Waals surface area contributed by atoms with E-state index < -0.39 is 5.91 Å². The molecule has 5 N–H and O–H groups in total. The third kappa shape index (κ3) is 3.83. The number of rotatable bonds is 5. The molecule has 0 saturated heterocycles. The molecule has 0 spiro atoms. The van der Waals surface area contributed by atoms with E-state index in [4.69, 9.17) is 15.5 Å². The van der Waals surface area contributed by atoms with Gasteiger partial charge in [0, 0.05) is 25.7 Å². The molecule has 1 amide bonds. The number of carbonyl (C=O) groups is 1. The lowest BCUT2D eigenvalue weighted by atomic mass is 10.1. The van der Waals surface area contributed by atoms with Gasteiger partial charge in [0.05, 0.1) is 17.9 Å². The number of primary amides is 1. The number of hydrogen-bond donors (Lipinski definition) is 4. The number of nitrogens with one attached hydrogen (secondary N) is 3. The summed E-state index contributed by atoms with van der Waals surface area (Å²) in [5.41, 5.74) is 10.1. The third-order valence-corrected chi connectivity index (χ3v) is 5.62. The number of aliphatic imine (C=N–C) groups is 1. The first-order valence-electron chi connectivity index (χ1n) is 10.6. The van der Waals surface area contributed by atoms with E-state index in [2.05, 4.69) is 33.1 Å². The summed E-state index contributed by atoms with van der Waals surface area (Å²) in [4.78, 5) is 21.3. The Morgan fingerprint density at radius 3 is 2.94 bits per heavy atom. The molecule has 164 valence electrons. The van der Waals surface area contributed by atoms with Crippen molar-refractivity contribution in [3.05, 3.63) is 82.6 Å². The smallest absolute Gasteiger partial charge is 0.252 e. The molecule has 3 aromatic rings. The number of fused-ring (bicyclic) bond motifs is 1. The second-order valence-electron chi connectivity index (χ2n) is 7.85. The molecule has 9 heteroatoms. The second-order valence-corrected chi connectivity index (χ2v) is 7.85. The molecule has 0 radical (unpaired) electrons. The number of amides is 1. The highest BCUT2D eigenvalue weighted by molar-refractivity contribution is 6.01. The van der Waals surface area contributed by atoms with Crippen LogP contribution in [0.1, 0.15) is 33.7 Å². The topological polar surface area (TPSA) is 118 Å². The summed E-state index contributed by atoms with van der Waals surface area (Å²) in [5, 5.41) is 10.1. The highest BCUT2D eigenvalue weighted by Crippen LogP contribution is 2.24. The zero-order valence-corrected chi connectivity index (χ0v) is 17.8. The van der Waals surface area contributed by atoms with Crippen LogP contribution < -0.4 is 21.7 Å². The summed E-state index contributed by atoms with van der Waals surface area (Å²) >= 11 is 0. The zero-order chi connectivity index (χ0) is 22.1. The van der Waals surface area contributed by atoms with Crippen LogP contribution in [0.25, 0.3) is 5.65 Å². The summed E-state index contributed by atoms with van der Waals surface area (Å²) in [7, 11) is 0. The molecule has 1 aromatic carbocycles. The SMILES string of the molecule is Cc1nc2c(C(N)=O)cccn2c1C1=NC2=C(CNCN2)CC(NCc2ccccc2)O1. The Balaban J connectivity index is 1.54. The second kappa shape index (κ2) is 8.45. The number of aryl methyl sites for hydroxylation is 1. The van der Waals surface area contributed by atoms with Crippen molar-refractivity contribution in [1.82, 2.24) is 25.3 Å². The predicted molar refractivity (Wildman–Crippen MR) is 121 cm³/mol. The summed E-state index contributed by atoms with van der Waals surface area (Å²) in [6.45, 7) is 3.92. The van der Waals surface area contributed by atoms with Gasteiger partial charge in [-0.1, -0.05) is 30.3 Å². The molecule has 0 aliphatic carbocycles. The summed E-state index contributed by atoms with van der Waals surface area (Å²) in [6, 6.07) is 13.6. The van der Waals surface area contributed by atoms with E-state index in [9.17, 15) is 4.79 Å². The monoisotopic (exact) mass is 431 g/mol. The van der Waals surface area contributed by atoms with Gasteiger partial charge in [0.15, 0.2) is 11.9 Å². The molecule has 5 rings (SSSR count). The van der Waals surface area contributed by atoms with Crippen LogP contribution in [0.15, 0.2) is 65.0 Å². The normalized spacial score (nSPS) is 18.4. The highest BCUT2D eigenvalue weighted by atomic mass is 16.5. The third-order valence-electron chi connectivity index (χ3n) is 5.62. The molecule has 1 unspecified atom stereocenters. The minimum atomic E-state index is -0.525. The highest BCUT2D eigenvalue weighted by Gasteiger charge is 2.28. The summed E-state index contributed by atoms with van der Waals surface area (Å²) < 4.78 is 8.23.